The fourth-order valence-electron chi connectivity index (χ4n) is 2.80. The van der Waals surface area contributed by atoms with Crippen molar-refractivity contribution in [1.82, 2.24) is 15.5 Å². The first-order chi connectivity index (χ1) is 14.5. The van der Waals surface area contributed by atoms with Gasteiger partial charge < -0.3 is 25.0 Å². The molecule has 30 heavy (non-hydrogen) atoms. The van der Waals surface area contributed by atoms with Crippen molar-refractivity contribution in [2.75, 3.05) is 47.9 Å². The number of methoxy groups -OCH3 is 2. The van der Waals surface area contributed by atoms with Gasteiger partial charge in [0.25, 0.3) is 0 Å². The van der Waals surface area contributed by atoms with E-state index in [0.29, 0.717) is 19.0 Å². The van der Waals surface area contributed by atoms with E-state index in [0.717, 1.165) is 29.9 Å². The summed E-state index contributed by atoms with van der Waals surface area (Å²) in [5, 5.41) is 6.62. The summed E-state index contributed by atoms with van der Waals surface area (Å²) in [6.45, 7) is 1.47. The molecule has 0 aliphatic heterocycles. The van der Waals surface area contributed by atoms with Crippen LogP contribution in [0.15, 0.2) is 53.5 Å². The highest BCUT2D eigenvalue weighted by Gasteiger charge is 2.06. The second-order valence-electron chi connectivity index (χ2n) is 6.97. The number of guanidine groups is 1. The number of carbonyl (C=O) groups is 1. The Balaban J connectivity index is 1.91. The molecule has 0 aromatic heterocycles. The minimum absolute atomic E-state index is 0.0454. The van der Waals surface area contributed by atoms with Gasteiger partial charge in [0.2, 0.25) is 5.91 Å². The number of hydrogen-bond acceptors (Lipinski definition) is 4. The number of rotatable bonds is 10. The maximum absolute atomic E-state index is 11.9. The Kier molecular flexibility index (Phi) is 9.51. The van der Waals surface area contributed by atoms with Gasteiger partial charge in [-0.15, -0.1) is 0 Å². The number of nitrogens with one attached hydrogen (secondary N) is 2. The van der Waals surface area contributed by atoms with Gasteiger partial charge in [-0.25, -0.2) is 4.99 Å². The molecule has 0 heterocycles. The average molecular weight is 413 g/mol. The molecule has 0 atom stereocenters. The summed E-state index contributed by atoms with van der Waals surface area (Å²) in [5.41, 5.74) is 2.32. The van der Waals surface area contributed by atoms with Crippen LogP contribution in [0.3, 0.4) is 0 Å². The van der Waals surface area contributed by atoms with Crippen LogP contribution in [-0.4, -0.2) is 64.7 Å². The van der Waals surface area contributed by atoms with Crippen molar-refractivity contribution in [3.8, 4) is 11.5 Å². The SMILES string of the molecule is COc1ccc(CCNC(=NCC(=O)N(C)C)NCCc2ccccc2OC)cc1. The van der Waals surface area contributed by atoms with Crippen molar-refractivity contribution in [3.05, 3.63) is 59.7 Å². The highest BCUT2D eigenvalue weighted by molar-refractivity contribution is 5.84. The van der Waals surface area contributed by atoms with E-state index >= 15 is 0 Å². The Morgan fingerprint density at radius 2 is 1.60 bits per heavy atom. The van der Waals surface area contributed by atoms with Crippen LogP contribution in [0, 0.1) is 0 Å². The van der Waals surface area contributed by atoms with Crippen LogP contribution >= 0.6 is 0 Å². The number of para-hydroxylation sites is 1. The van der Waals surface area contributed by atoms with Crippen LogP contribution < -0.4 is 20.1 Å². The normalized spacial score (nSPS) is 11.0. The second kappa shape index (κ2) is 12.4. The van der Waals surface area contributed by atoms with Crippen molar-refractivity contribution in [3.63, 3.8) is 0 Å². The Labute approximate surface area is 179 Å². The molecule has 1 amide bonds. The summed E-state index contributed by atoms with van der Waals surface area (Å²) in [6.07, 6.45) is 1.61. The van der Waals surface area contributed by atoms with E-state index in [2.05, 4.69) is 15.6 Å². The van der Waals surface area contributed by atoms with Gasteiger partial charge in [0.1, 0.15) is 18.0 Å². The van der Waals surface area contributed by atoms with E-state index in [1.807, 2.05) is 48.5 Å². The lowest BCUT2D eigenvalue weighted by molar-refractivity contribution is -0.127. The van der Waals surface area contributed by atoms with Gasteiger partial charge in [-0.3, -0.25) is 4.79 Å². The van der Waals surface area contributed by atoms with Gasteiger partial charge in [0.15, 0.2) is 5.96 Å². The number of ether oxygens (including phenoxy) is 2. The first-order valence-corrected chi connectivity index (χ1v) is 10.0. The first-order valence-electron chi connectivity index (χ1n) is 10.0. The van der Waals surface area contributed by atoms with Crippen LogP contribution in [0.2, 0.25) is 0 Å². The molecule has 0 saturated heterocycles. The van der Waals surface area contributed by atoms with Crippen LogP contribution in [0.1, 0.15) is 11.1 Å². The fourth-order valence-corrected chi connectivity index (χ4v) is 2.80. The Bertz CT molecular complexity index is 819. The van der Waals surface area contributed by atoms with Crippen molar-refractivity contribution in [2.24, 2.45) is 4.99 Å². The highest BCUT2D eigenvalue weighted by atomic mass is 16.5. The predicted molar refractivity (Wildman–Crippen MR) is 120 cm³/mol. The van der Waals surface area contributed by atoms with Gasteiger partial charge in [-0.1, -0.05) is 30.3 Å². The topological polar surface area (TPSA) is 75.2 Å². The molecule has 0 fully saturated rings. The second-order valence-corrected chi connectivity index (χ2v) is 6.97. The van der Waals surface area contributed by atoms with Crippen LogP contribution in [0.5, 0.6) is 11.5 Å². The van der Waals surface area contributed by atoms with E-state index in [-0.39, 0.29) is 12.5 Å². The molecule has 0 aliphatic carbocycles. The minimum Gasteiger partial charge on any atom is -0.497 e. The van der Waals surface area contributed by atoms with E-state index in [1.165, 1.54) is 10.5 Å². The summed E-state index contributed by atoms with van der Waals surface area (Å²) in [5.74, 6) is 2.28. The summed E-state index contributed by atoms with van der Waals surface area (Å²) in [6, 6.07) is 15.9. The summed E-state index contributed by atoms with van der Waals surface area (Å²) in [7, 11) is 6.78. The molecule has 0 radical (unpaired) electrons. The predicted octanol–water partition coefficient (Wildman–Crippen LogP) is 2.11. The molecule has 0 saturated carbocycles. The molecular formula is C23H32N4O3. The Morgan fingerprint density at radius 1 is 0.933 bits per heavy atom. The molecule has 7 nitrogen and oxygen atoms in total. The van der Waals surface area contributed by atoms with Crippen LogP contribution in [-0.2, 0) is 17.6 Å². The third-order valence-corrected chi connectivity index (χ3v) is 4.62. The lowest BCUT2D eigenvalue weighted by atomic mass is 10.1. The molecule has 162 valence electrons. The molecule has 2 N–H and O–H groups in total. The third-order valence-electron chi connectivity index (χ3n) is 4.62. The van der Waals surface area contributed by atoms with E-state index < -0.39 is 0 Å². The molecule has 0 aliphatic rings. The highest BCUT2D eigenvalue weighted by Crippen LogP contribution is 2.17. The Hall–Kier alpha value is -3.22. The van der Waals surface area contributed by atoms with Crippen molar-refractivity contribution in [1.29, 1.82) is 0 Å². The fraction of sp³-hybridized carbons (Fsp3) is 0.391. The summed E-state index contributed by atoms with van der Waals surface area (Å²) < 4.78 is 10.6. The van der Waals surface area contributed by atoms with E-state index in [1.54, 1.807) is 28.3 Å². The van der Waals surface area contributed by atoms with Crippen LogP contribution in [0.4, 0.5) is 0 Å². The number of nitrogens with zero attached hydrogens (tertiary/aromatic N) is 2. The lowest BCUT2D eigenvalue weighted by Crippen LogP contribution is -2.40. The Morgan fingerprint density at radius 3 is 2.23 bits per heavy atom. The summed E-state index contributed by atoms with van der Waals surface area (Å²) in [4.78, 5) is 17.9. The zero-order chi connectivity index (χ0) is 21.8. The molecular weight excluding hydrogens is 380 g/mol. The number of carbonyl (C=O) groups excluding carboxylic acids is 1. The van der Waals surface area contributed by atoms with Gasteiger partial charge in [0, 0.05) is 27.2 Å². The number of amides is 1. The smallest absolute Gasteiger partial charge is 0.243 e. The average Bonchev–Trinajstić information content (AvgIpc) is 2.77. The number of benzene rings is 2. The van der Waals surface area contributed by atoms with Crippen molar-refractivity contribution < 1.29 is 14.3 Å². The molecule has 7 heteroatoms. The maximum atomic E-state index is 11.9. The monoisotopic (exact) mass is 412 g/mol. The molecule has 2 aromatic rings. The zero-order valence-electron chi connectivity index (χ0n) is 18.3. The first kappa shape index (κ1) is 23.1. The summed E-state index contributed by atoms with van der Waals surface area (Å²) >= 11 is 0. The molecule has 2 rings (SSSR count). The largest absolute Gasteiger partial charge is 0.497 e. The molecule has 0 bridgehead atoms. The van der Waals surface area contributed by atoms with E-state index in [9.17, 15) is 4.79 Å². The van der Waals surface area contributed by atoms with E-state index in [4.69, 9.17) is 9.47 Å². The van der Waals surface area contributed by atoms with Crippen LogP contribution in [0.25, 0.3) is 0 Å². The standard InChI is InChI=1S/C23H32N4O3/c1-27(2)22(28)17-26-23(24-15-13-18-9-11-20(29-3)12-10-18)25-16-14-19-7-5-6-8-21(19)30-4/h5-12H,13-17H2,1-4H3,(H2,24,25,26). The number of aliphatic imine (C=N–C) groups is 1. The molecule has 0 spiro atoms. The number of hydrogen-bond donors (Lipinski definition) is 2. The number of likely N-dealkylation sites (N-methyl/N-ethyl adjacent to an activating group) is 1. The van der Waals surface area contributed by atoms with Crippen molar-refractivity contribution >= 4 is 11.9 Å². The van der Waals surface area contributed by atoms with Gasteiger partial charge in [-0.2, -0.15) is 0 Å². The molecule has 0 unspecified atom stereocenters. The third kappa shape index (κ3) is 7.66. The molecule has 2 aromatic carbocycles. The van der Waals surface area contributed by atoms with Crippen molar-refractivity contribution in [2.45, 2.75) is 12.8 Å². The van der Waals surface area contributed by atoms with Gasteiger partial charge in [-0.05, 0) is 42.2 Å². The maximum Gasteiger partial charge on any atom is 0.243 e. The minimum atomic E-state index is -0.0454. The zero-order valence-corrected chi connectivity index (χ0v) is 18.3. The quantitative estimate of drug-likeness (QED) is 0.462. The lowest BCUT2D eigenvalue weighted by Gasteiger charge is -2.15. The van der Waals surface area contributed by atoms with Gasteiger partial charge in [0.05, 0.1) is 14.2 Å². The van der Waals surface area contributed by atoms with Gasteiger partial charge >= 0.3 is 0 Å².